The van der Waals surface area contributed by atoms with E-state index < -0.39 is 16.6 Å². The van der Waals surface area contributed by atoms with Crippen molar-refractivity contribution in [2.45, 2.75) is 70.4 Å². The van der Waals surface area contributed by atoms with Crippen molar-refractivity contribution >= 4 is 5.69 Å². The highest BCUT2D eigenvalue weighted by Gasteiger charge is 2.62. The van der Waals surface area contributed by atoms with Gasteiger partial charge in [-0.2, -0.15) is 0 Å². The van der Waals surface area contributed by atoms with Gasteiger partial charge in [-0.15, -0.1) is 0 Å². The van der Waals surface area contributed by atoms with E-state index in [2.05, 4.69) is 17.4 Å². The molecule has 0 amide bonds. The number of anilines is 1. The Kier molecular flexibility index (Phi) is 3.87. The van der Waals surface area contributed by atoms with Crippen molar-refractivity contribution < 1.29 is 18.8 Å². The number of aromatic nitrogens is 1. The minimum Gasteiger partial charge on any atom is -0.475 e. The molecule has 2 aromatic rings. The van der Waals surface area contributed by atoms with Crippen molar-refractivity contribution in [1.82, 2.24) is 5.16 Å². The van der Waals surface area contributed by atoms with Crippen LogP contribution >= 0.6 is 0 Å². The number of rotatable bonds is 3. The van der Waals surface area contributed by atoms with Crippen molar-refractivity contribution in [3.05, 3.63) is 29.3 Å². The summed E-state index contributed by atoms with van der Waals surface area (Å²) in [6.07, 6.45) is 2.50. The van der Waals surface area contributed by atoms with Crippen LogP contribution in [0, 0.1) is 12.7 Å². The summed E-state index contributed by atoms with van der Waals surface area (Å²) in [4.78, 5) is 0. The zero-order valence-corrected chi connectivity index (χ0v) is 16.6. The number of benzene rings is 1. The van der Waals surface area contributed by atoms with Crippen LogP contribution in [0.4, 0.5) is 10.1 Å². The van der Waals surface area contributed by atoms with Gasteiger partial charge in [-0.3, -0.25) is 0 Å². The summed E-state index contributed by atoms with van der Waals surface area (Å²) in [5.41, 5.74) is 0.678. The van der Waals surface area contributed by atoms with Gasteiger partial charge in [-0.25, -0.2) is 4.39 Å². The summed E-state index contributed by atoms with van der Waals surface area (Å²) in [5, 5.41) is 18.9. The molecular weight excluding hydrogens is 347 g/mol. The second kappa shape index (κ2) is 5.71. The predicted molar refractivity (Wildman–Crippen MR) is 102 cm³/mol. The van der Waals surface area contributed by atoms with Gasteiger partial charge in [0.1, 0.15) is 11.6 Å². The number of nitrogens with one attached hydrogen (secondary N) is 1. The summed E-state index contributed by atoms with van der Waals surface area (Å²) < 4.78 is 25.9. The first kappa shape index (κ1) is 18.3. The van der Waals surface area contributed by atoms with Crippen molar-refractivity contribution in [2.24, 2.45) is 0 Å². The number of aryl methyl sites for hydroxylation is 1. The second-order valence-corrected chi connectivity index (χ2v) is 8.53. The molecule has 27 heavy (non-hydrogen) atoms. The van der Waals surface area contributed by atoms with Crippen LogP contribution in [0.5, 0.6) is 5.88 Å². The first-order valence-corrected chi connectivity index (χ1v) is 9.58. The minimum absolute atomic E-state index is 0.296. The molecule has 2 aliphatic rings. The molecule has 4 rings (SSSR count). The smallest absolute Gasteiger partial charge is 0.262 e. The third-order valence-corrected chi connectivity index (χ3v) is 6.69. The molecule has 146 valence electrons. The number of ether oxygens (including phenoxy) is 1. The monoisotopic (exact) mass is 374 g/mol. The summed E-state index contributed by atoms with van der Waals surface area (Å²) in [6.45, 7) is 10.1. The highest BCUT2D eigenvalue weighted by Crippen LogP contribution is 2.59. The molecule has 2 heterocycles. The van der Waals surface area contributed by atoms with Gasteiger partial charge >= 0.3 is 0 Å². The van der Waals surface area contributed by atoms with Crippen molar-refractivity contribution in [3.8, 4) is 17.0 Å². The van der Waals surface area contributed by atoms with Crippen molar-refractivity contribution in [1.29, 1.82) is 0 Å². The highest BCUT2D eigenvalue weighted by molar-refractivity contribution is 5.76. The van der Waals surface area contributed by atoms with Gasteiger partial charge in [0.15, 0.2) is 0 Å². The lowest BCUT2D eigenvalue weighted by molar-refractivity contribution is -0.0628. The maximum atomic E-state index is 15.1. The Morgan fingerprint density at radius 3 is 2.74 bits per heavy atom. The van der Waals surface area contributed by atoms with Gasteiger partial charge < -0.3 is 19.7 Å². The van der Waals surface area contributed by atoms with E-state index in [1.165, 1.54) is 6.07 Å². The highest BCUT2D eigenvalue weighted by atomic mass is 19.1. The molecule has 1 aliphatic carbocycles. The molecule has 2 atom stereocenters. The fourth-order valence-electron chi connectivity index (χ4n) is 5.20. The normalized spacial score (nSPS) is 28.4. The summed E-state index contributed by atoms with van der Waals surface area (Å²) >= 11 is 0. The molecule has 6 heteroatoms. The van der Waals surface area contributed by atoms with E-state index in [0.29, 0.717) is 35.8 Å². The van der Waals surface area contributed by atoms with E-state index in [0.717, 1.165) is 24.1 Å². The van der Waals surface area contributed by atoms with Crippen LogP contribution < -0.4 is 10.1 Å². The summed E-state index contributed by atoms with van der Waals surface area (Å²) in [6, 6.07) is 3.36. The first-order valence-electron chi connectivity index (χ1n) is 9.58. The van der Waals surface area contributed by atoms with Crippen LogP contribution in [0.2, 0.25) is 0 Å². The fourth-order valence-corrected chi connectivity index (χ4v) is 5.20. The predicted octanol–water partition coefficient (Wildman–Crippen LogP) is 4.56. The van der Waals surface area contributed by atoms with E-state index in [1.807, 2.05) is 26.8 Å². The first-order chi connectivity index (χ1) is 12.6. The number of halogens is 1. The zero-order chi connectivity index (χ0) is 19.6. The Labute approximate surface area is 158 Å². The third kappa shape index (κ3) is 2.29. The maximum absolute atomic E-state index is 15.1. The lowest BCUT2D eigenvalue weighted by Crippen LogP contribution is -2.65. The molecule has 1 fully saturated rings. The van der Waals surface area contributed by atoms with Gasteiger partial charge in [0.2, 0.25) is 0 Å². The number of aliphatic hydroxyl groups is 1. The van der Waals surface area contributed by atoms with E-state index >= 15 is 4.39 Å². The molecule has 1 saturated carbocycles. The quantitative estimate of drug-likeness (QED) is 0.824. The van der Waals surface area contributed by atoms with Crippen molar-refractivity contribution in [3.63, 3.8) is 0 Å². The number of nitrogens with zero attached hydrogens (tertiary/aromatic N) is 1. The van der Waals surface area contributed by atoms with E-state index in [9.17, 15) is 5.11 Å². The molecule has 1 aromatic carbocycles. The molecule has 2 unspecified atom stereocenters. The zero-order valence-electron chi connectivity index (χ0n) is 16.6. The largest absolute Gasteiger partial charge is 0.475 e. The second-order valence-electron chi connectivity index (χ2n) is 8.53. The molecular formula is C21H27FN2O3. The van der Waals surface area contributed by atoms with Crippen LogP contribution in [-0.2, 0) is 5.41 Å². The van der Waals surface area contributed by atoms with E-state index in [1.54, 1.807) is 6.92 Å². The van der Waals surface area contributed by atoms with Gasteiger partial charge in [0.25, 0.3) is 5.88 Å². The lowest BCUT2D eigenvalue weighted by atomic mass is 9.60. The van der Waals surface area contributed by atoms with Gasteiger partial charge in [-0.1, -0.05) is 6.92 Å². The molecule has 0 bridgehead atoms. The number of hydrogen-bond donors (Lipinski definition) is 2. The fraction of sp³-hybridized carbons (Fsp3) is 0.571. The van der Waals surface area contributed by atoms with E-state index in [4.69, 9.17) is 9.26 Å². The molecule has 1 aromatic heterocycles. The SMILES string of the molecule is CCOc1noc(C)c1-c1cc2c(cc1F)NC(C)(C)C1(O)CCCC21C. The van der Waals surface area contributed by atoms with Crippen molar-refractivity contribution in [2.75, 3.05) is 11.9 Å². The number of hydrogen-bond acceptors (Lipinski definition) is 5. The maximum Gasteiger partial charge on any atom is 0.262 e. The Bertz CT molecular complexity index is 907. The summed E-state index contributed by atoms with van der Waals surface area (Å²) in [5.74, 6) is 0.439. The summed E-state index contributed by atoms with van der Waals surface area (Å²) in [7, 11) is 0. The van der Waals surface area contributed by atoms with E-state index in [-0.39, 0.29) is 5.82 Å². The number of fused-ring (bicyclic) bond motifs is 3. The average Bonchev–Trinajstić information content (AvgIpc) is 3.10. The minimum atomic E-state index is -0.908. The topological polar surface area (TPSA) is 67.5 Å². The molecule has 5 nitrogen and oxygen atoms in total. The molecule has 2 N–H and O–H groups in total. The lowest BCUT2D eigenvalue weighted by Gasteiger charge is -2.55. The van der Waals surface area contributed by atoms with Crippen LogP contribution in [0.1, 0.15) is 58.3 Å². The van der Waals surface area contributed by atoms with Gasteiger partial charge in [0, 0.05) is 16.7 Å². The Morgan fingerprint density at radius 1 is 1.30 bits per heavy atom. The van der Waals surface area contributed by atoms with Crippen LogP contribution in [-0.4, -0.2) is 28.0 Å². The van der Waals surface area contributed by atoms with Crippen LogP contribution in [0.3, 0.4) is 0 Å². The molecule has 0 radical (unpaired) electrons. The van der Waals surface area contributed by atoms with Crippen LogP contribution in [0.25, 0.3) is 11.1 Å². The Morgan fingerprint density at radius 2 is 2.04 bits per heavy atom. The average molecular weight is 374 g/mol. The molecule has 0 spiro atoms. The standard InChI is InChI=1S/C21H27FN2O3/c1-6-26-18-17(12(2)27-24-18)13-10-14-16(11-15(13)22)23-19(3,4)21(25)9-7-8-20(14,21)5/h10-11,23,25H,6-9H2,1-5H3. The van der Waals surface area contributed by atoms with Crippen LogP contribution in [0.15, 0.2) is 16.7 Å². The third-order valence-electron chi connectivity index (χ3n) is 6.69. The molecule has 0 saturated heterocycles. The van der Waals surface area contributed by atoms with Gasteiger partial charge in [0.05, 0.1) is 23.3 Å². The Hall–Kier alpha value is -2.08. The Balaban J connectivity index is 1.95. The molecule has 1 aliphatic heterocycles. The van der Waals surface area contributed by atoms with Gasteiger partial charge in [-0.05, 0) is 69.8 Å².